The van der Waals surface area contributed by atoms with Gasteiger partial charge in [-0.2, -0.15) is 0 Å². The van der Waals surface area contributed by atoms with Crippen LogP contribution < -0.4 is 0 Å². The number of unbranched alkanes of at least 4 members (excludes halogenated alkanes) is 1. The Hall–Kier alpha value is -0.870. The van der Waals surface area contributed by atoms with Gasteiger partial charge in [-0.05, 0) is 39.5 Å². The SMILES string of the molecule is C=C(C)C(=O)OCCCCC1COC(C)(CC)O1. The quantitative estimate of drug-likeness (QED) is 0.399. The van der Waals surface area contributed by atoms with Gasteiger partial charge in [0.2, 0.25) is 0 Å². The van der Waals surface area contributed by atoms with Crippen LogP contribution in [0.2, 0.25) is 0 Å². The first kappa shape index (κ1) is 15.2. The Morgan fingerprint density at radius 1 is 1.50 bits per heavy atom. The molecule has 18 heavy (non-hydrogen) atoms. The summed E-state index contributed by atoms with van der Waals surface area (Å²) in [4.78, 5) is 11.1. The largest absolute Gasteiger partial charge is 0.462 e. The molecule has 1 aliphatic rings. The average Bonchev–Trinajstić information content (AvgIpc) is 2.71. The zero-order valence-electron chi connectivity index (χ0n) is 11.7. The smallest absolute Gasteiger partial charge is 0.333 e. The lowest BCUT2D eigenvalue weighted by Gasteiger charge is -2.21. The summed E-state index contributed by atoms with van der Waals surface area (Å²) >= 11 is 0. The number of ether oxygens (including phenoxy) is 3. The molecule has 0 N–H and O–H groups in total. The maximum absolute atomic E-state index is 11.1. The first-order chi connectivity index (χ1) is 8.47. The van der Waals surface area contributed by atoms with E-state index < -0.39 is 5.79 Å². The summed E-state index contributed by atoms with van der Waals surface area (Å²) in [6.45, 7) is 10.3. The Morgan fingerprint density at radius 3 is 2.78 bits per heavy atom. The van der Waals surface area contributed by atoms with Gasteiger partial charge >= 0.3 is 5.97 Å². The van der Waals surface area contributed by atoms with E-state index in [0.717, 1.165) is 25.7 Å². The second-order valence-electron chi connectivity index (χ2n) is 4.95. The van der Waals surface area contributed by atoms with E-state index in [-0.39, 0.29) is 12.1 Å². The number of hydrogen-bond acceptors (Lipinski definition) is 4. The van der Waals surface area contributed by atoms with Crippen LogP contribution in [0.15, 0.2) is 12.2 Å². The fourth-order valence-electron chi connectivity index (χ4n) is 1.78. The minimum atomic E-state index is -0.406. The van der Waals surface area contributed by atoms with Crippen LogP contribution in [-0.4, -0.2) is 31.1 Å². The van der Waals surface area contributed by atoms with Gasteiger partial charge in [0.1, 0.15) is 0 Å². The number of esters is 1. The van der Waals surface area contributed by atoms with E-state index in [0.29, 0.717) is 18.8 Å². The molecule has 1 aliphatic heterocycles. The van der Waals surface area contributed by atoms with Crippen molar-refractivity contribution in [3.8, 4) is 0 Å². The van der Waals surface area contributed by atoms with Crippen LogP contribution in [0.5, 0.6) is 0 Å². The average molecular weight is 256 g/mol. The molecule has 0 aromatic heterocycles. The molecule has 2 unspecified atom stereocenters. The molecule has 0 aliphatic carbocycles. The minimum Gasteiger partial charge on any atom is -0.462 e. The van der Waals surface area contributed by atoms with Crippen molar-refractivity contribution in [2.24, 2.45) is 0 Å². The van der Waals surface area contributed by atoms with E-state index in [1.54, 1.807) is 6.92 Å². The highest BCUT2D eigenvalue weighted by molar-refractivity contribution is 5.86. The summed E-state index contributed by atoms with van der Waals surface area (Å²) < 4.78 is 16.4. The van der Waals surface area contributed by atoms with Crippen LogP contribution in [0.4, 0.5) is 0 Å². The molecule has 1 saturated heterocycles. The molecule has 0 aromatic carbocycles. The van der Waals surface area contributed by atoms with Crippen LogP contribution in [0.25, 0.3) is 0 Å². The summed E-state index contributed by atoms with van der Waals surface area (Å²) in [5.74, 6) is -0.717. The van der Waals surface area contributed by atoms with E-state index in [9.17, 15) is 4.79 Å². The molecular weight excluding hydrogens is 232 g/mol. The molecule has 0 aromatic rings. The van der Waals surface area contributed by atoms with Crippen molar-refractivity contribution in [2.75, 3.05) is 13.2 Å². The van der Waals surface area contributed by atoms with Gasteiger partial charge in [-0.1, -0.05) is 13.5 Å². The predicted octanol–water partition coefficient (Wildman–Crippen LogP) is 2.82. The third-order valence-electron chi connectivity index (χ3n) is 3.13. The predicted molar refractivity (Wildman–Crippen MR) is 69.1 cm³/mol. The van der Waals surface area contributed by atoms with Gasteiger partial charge in [-0.25, -0.2) is 4.79 Å². The van der Waals surface area contributed by atoms with Gasteiger partial charge in [0.15, 0.2) is 5.79 Å². The summed E-state index contributed by atoms with van der Waals surface area (Å²) in [5.41, 5.74) is 0.446. The summed E-state index contributed by atoms with van der Waals surface area (Å²) in [6.07, 6.45) is 3.80. The lowest BCUT2D eigenvalue weighted by molar-refractivity contribution is -0.155. The molecule has 1 heterocycles. The van der Waals surface area contributed by atoms with E-state index in [2.05, 4.69) is 13.5 Å². The van der Waals surface area contributed by atoms with Crippen molar-refractivity contribution >= 4 is 5.97 Å². The van der Waals surface area contributed by atoms with Gasteiger partial charge in [-0.3, -0.25) is 0 Å². The van der Waals surface area contributed by atoms with Crippen LogP contribution in [0, 0.1) is 0 Å². The van der Waals surface area contributed by atoms with Crippen molar-refractivity contribution in [3.05, 3.63) is 12.2 Å². The maximum Gasteiger partial charge on any atom is 0.333 e. The monoisotopic (exact) mass is 256 g/mol. The zero-order chi connectivity index (χ0) is 13.6. The second-order valence-corrected chi connectivity index (χ2v) is 4.95. The Balaban J connectivity index is 2.06. The molecule has 1 fully saturated rings. The van der Waals surface area contributed by atoms with E-state index in [1.165, 1.54) is 0 Å². The Bertz CT molecular complexity index is 300. The Labute approximate surface area is 109 Å². The summed E-state index contributed by atoms with van der Waals surface area (Å²) in [7, 11) is 0. The molecule has 0 bridgehead atoms. The van der Waals surface area contributed by atoms with Crippen LogP contribution in [0.1, 0.15) is 46.5 Å². The molecule has 0 spiro atoms. The summed E-state index contributed by atoms with van der Waals surface area (Å²) in [5, 5.41) is 0. The zero-order valence-corrected chi connectivity index (χ0v) is 11.7. The van der Waals surface area contributed by atoms with Gasteiger partial charge in [0.05, 0.1) is 19.3 Å². The Kier molecular flexibility index (Phi) is 5.82. The van der Waals surface area contributed by atoms with Crippen molar-refractivity contribution in [1.82, 2.24) is 0 Å². The van der Waals surface area contributed by atoms with Crippen molar-refractivity contribution in [2.45, 2.75) is 58.3 Å². The van der Waals surface area contributed by atoms with Gasteiger partial charge < -0.3 is 14.2 Å². The highest BCUT2D eigenvalue weighted by Gasteiger charge is 2.34. The molecule has 4 heteroatoms. The van der Waals surface area contributed by atoms with E-state index in [1.807, 2.05) is 6.92 Å². The van der Waals surface area contributed by atoms with Crippen molar-refractivity contribution < 1.29 is 19.0 Å². The molecule has 4 nitrogen and oxygen atoms in total. The summed E-state index contributed by atoms with van der Waals surface area (Å²) in [6, 6.07) is 0. The highest BCUT2D eigenvalue weighted by atomic mass is 16.7. The molecule has 0 radical (unpaired) electrons. The molecule has 0 amide bonds. The van der Waals surface area contributed by atoms with Crippen molar-refractivity contribution in [1.29, 1.82) is 0 Å². The molecule has 104 valence electrons. The molecule has 1 rings (SSSR count). The van der Waals surface area contributed by atoms with Gasteiger partial charge in [0, 0.05) is 5.57 Å². The maximum atomic E-state index is 11.1. The normalized spacial score (nSPS) is 27.2. The molecular formula is C14H24O4. The topological polar surface area (TPSA) is 44.8 Å². The lowest BCUT2D eigenvalue weighted by Crippen LogP contribution is -2.25. The first-order valence-corrected chi connectivity index (χ1v) is 6.61. The standard InChI is InChI=1S/C14H24O4/c1-5-14(4)17-10-12(18-14)8-6-7-9-16-13(15)11(2)3/h12H,2,5-10H2,1,3-4H3. The molecule has 0 saturated carbocycles. The van der Waals surface area contributed by atoms with E-state index in [4.69, 9.17) is 14.2 Å². The van der Waals surface area contributed by atoms with Crippen LogP contribution in [0.3, 0.4) is 0 Å². The minimum absolute atomic E-state index is 0.173. The number of carbonyl (C=O) groups excluding carboxylic acids is 1. The first-order valence-electron chi connectivity index (χ1n) is 6.61. The number of rotatable bonds is 7. The number of hydrogen-bond donors (Lipinski definition) is 0. The number of carbonyl (C=O) groups is 1. The highest BCUT2D eigenvalue weighted by Crippen LogP contribution is 2.28. The van der Waals surface area contributed by atoms with Gasteiger partial charge in [-0.15, -0.1) is 0 Å². The second kappa shape index (κ2) is 6.90. The van der Waals surface area contributed by atoms with E-state index >= 15 is 0 Å². The van der Waals surface area contributed by atoms with Gasteiger partial charge in [0.25, 0.3) is 0 Å². The fraction of sp³-hybridized carbons (Fsp3) is 0.786. The third kappa shape index (κ3) is 4.78. The fourth-order valence-corrected chi connectivity index (χ4v) is 1.78. The third-order valence-corrected chi connectivity index (χ3v) is 3.13. The molecule has 2 atom stereocenters. The lowest BCUT2D eigenvalue weighted by atomic mass is 10.1. The Morgan fingerprint density at radius 2 is 2.22 bits per heavy atom. The van der Waals surface area contributed by atoms with Crippen LogP contribution in [-0.2, 0) is 19.0 Å². The van der Waals surface area contributed by atoms with Crippen molar-refractivity contribution in [3.63, 3.8) is 0 Å². The van der Waals surface area contributed by atoms with Crippen LogP contribution >= 0.6 is 0 Å².